The van der Waals surface area contributed by atoms with Gasteiger partial charge in [0.25, 0.3) is 5.69 Å². The standard InChI is InChI=1S/C12H19N3O2/c1-4-10(9-14(2)3)13-11-5-7-12(8-6-11)15(16)17/h5-8,10,13H,4,9H2,1-3H3. The van der Waals surface area contributed by atoms with Crippen molar-refractivity contribution in [2.45, 2.75) is 19.4 Å². The number of likely N-dealkylation sites (N-methyl/N-ethyl adjacent to an activating group) is 1. The van der Waals surface area contributed by atoms with E-state index in [1.807, 2.05) is 14.1 Å². The predicted molar refractivity (Wildman–Crippen MR) is 69.4 cm³/mol. The summed E-state index contributed by atoms with van der Waals surface area (Å²) in [5, 5.41) is 13.9. The molecule has 5 nitrogen and oxygen atoms in total. The van der Waals surface area contributed by atoms with E-state index in [1.165, 1.54) is 12.1 Å². The Morgan fingerprint density at radius 3 is 2.35 bits per heavy atom. The number of nitrogens with one attached hydrogen (secondary N) is 1. The van der Waals surface area contributed by atoms with Crippen LogP contribution in [0.15, 0.2) is 24.3 Å². The summed E-state index contributed by atoms with van der Waals surface area (Å²) in [5.74, 6) is 0. The van der Waals surface area contributed by atoms with Crippen molar-refractivity contribution in [3.05, 3.63) is 34.4 Å². The van der Waals surface area contributed by atoms with Gasteiger partial charge in [0.05, 0.1) is 4.92 Å². The maximum absolute atomic E-state index is 10.5. The van der Waals surface area contributed by atoms with E-state index < -0.39 is 0 Å². The van der Waals surface area contributed by atoms with E-state index in [0.717, 1.165) is 18.7 Å². The van der Waals surface area contributed by atoms with Crippen LogP contribution in [0.4, 0.5) is 11.4 Å². The summed E-state index contributed by atoms with van der Waals surface area (Å²) in [7, 11) is 4.06. The molecule has 0 aliphatic heterocycles. The summed E-state index contributed by atoms with van der Waals surface area (Å²) in [6.45, 7) is 3.06. The van der Waals surface area contributed by atoms with Gasteiger partial charge in [-0.1, -0.05) is 6.92 Å². The average Bonchev–Trinajstić information content (AvgIpc) is 2.28. The molecular weight excluding hydrogens is 218 g/mol. The zero-order valence-electron chi connectivity index (χ0n) is 10.5. The van der Waals surface area contributed by atoms with Gasteiger partial charge in [0.1, 0.15) is 0 Å². The normalized spacial score (nSPS) is 12.5. The molecule has 1 aromatic carbocycles. The molecule has 1 rings (SSSR count). The summed E-state index contributed by atoms with van der Waals surface area (Å²) in [6.07, 6.45) is 1.01. The van der Waals surface area contributed by atoms with E-state index in [2.05, 4.69) is 17.1 Å². The van der Waals surface area contributed by atoms with Gasteiger partial charge in [-0.2, -0.15) is 0 Å². The Hall–Kier alpha value is -1.62. The van der Waals surface area contributed by atoms with Crippen LogP contribution in [0, 0.1) is 10.1 Å². The second-order valence-corrected chi connectivity index (χ2v) is 4.32. The van der Waals surface area contributed by atoms with Crippen LogP contribution in [0.25, 0.3) is 0 Å². The first-order valence-electron chi connectivity index (χ1n) is 5.68. The molecule has 0 aromatic heterocycles. The van der Waals surface area contributed by atoms with Crippen LogP contribution >= 0.6 is 0 Å². The van der Waals surface area contributed by atoms with Gasteiger partial charge in [0, 0.05) is 30.4 Å². The molecule has 0 amide bonds. The quantitative estimate of drug-likeness (QED) is 0.609. The van der Waals surface area contributed by atoms with E-state index in [1.54, 1.807) is 12.1 Å². The minimum Gasteiger partial charge on any atom is -0.381 e. The lowest BCUT2D eigenvalue weighted by molar-refractivity contribution is -0.384. The third-order valence-corrected chi connectivity index (χ3v) is 2.53. The lowest BCUT2D eigenvalue weighted by Gasteiger charge is -2.21. The fourth-order valence-electron chi connectivity index (χ4n) is 1.63. The summed E-state index contributed by atoms with van der Waals surface area (Å²) < 4.78 is 0. The van der Waals surface area contributed by atoms with Crippen molar-refractivity contribution in [3.8, 4) is 0 Å². The van der Waals surface area contributed by atoms with Crippen molar-refractivity contribution in [1.82, 2.24) is 4.90 Å². The Labute approximate surface area is 102 Å². The number of hydrogen-bond acceptors (Lipinski definition) is 4. The first kappa shape index (κ1) is 13.4. The Kier molecular flexibility index (Phi) is 4.90. The van der Waals surface area contributed by atoms with E-state index in [-0.39, 0.29) is 10.6 Å². The van der Waals surface area contributed by atoms with Gasteiger partial charge >= 0.3 is 0 Å². The smallest absolute Gasteiger partial charge is 0.269 e. The first-order chi connectivity index (χ1) is 8.02. The molecular formula is C12H19N3O2. The predicted octanol–water partition coefficient (Wildman–Crippen LogP) is 2.35. The molecule has 94 valence electrons. The third-order valence-electron chi connectivity index (χ3n) is 2.53. The van der Waals surface area contributed by atoms with Crippen LogP contribution in [0.5, 0.6) is 0 Å². The number of non-ortho nitro benzene ring substituents is 1. The van der Waals surface area contributed by atoms with E-state index in [0.29, 0.717) is 6.04 Å². The number of anilines is 1. The number of hydrogen-bond donors (Lipinski definition) is 1. The SMILES string of the molecule is CCC(CN(C)C)Nc1ccc([N+](=O)[O-])cc1. The Balaban J connectivity index is 2.64. The van der Waals surface area contributed by atoms with Crippen LogP contribution in [0.1, 0.15) is 13.3 Å². The fraction of sp³-hybridized carbons (Fsp3) is 0.500. The molecule has 1 unspecified atom stereocenters. The molecule has 0 saturated carbocycles. The molecule has 0 heterocycles. The zero-order valence-corrected chi connectivity index (χ0v) is 10.5. The van der Waals surface area contributed by atoms with Gasteiger partial charge in [0.2, 0.25) is 0 Å². The Morgan fingerprint density at radius 2 is 1.94 bits per heavy atom. The van der Waals surface area contributed by atoms with Gasteiger partial charge < -0.3 is 10.2 Å². The van der Waals surface area contributed by atoms with Crippen molar-refractivity contribution in [1.29, 1.82) is 0 Å². The maximum atomic E-state index is 10.5. The van der Waals surface area contributed by atoms with Crippen LogP contribution in [0.2, 0.25) is 0 Å². The minimum atomic E-state index is -0.388. The van der Waals surface area contributed by atoms with Crippen molar-refractivity contribution in [3.63, 3.8) is 0 Å². The Bertz CT molecular complexity index is 363. The minimum absolute atomic E-state index is 0.121. The topological polar surface area (TPSA) is 58.4 Å². The van der Waals surface area contributed by atoms with Gasteiger partial charge in [-0.15, -0.1) is 0 Å². The first-order valence-corrected chi connectivity index (χ1v) is 5.68. The molecule has 0 aliphatic carbocycles. The highest BCUT2D eigenvalue weighted by Crippen LogP contribution is 2.16. The molecule has 0 aliphatic rings. The molecule has 1 N–H and O–H groups in total. The van der Waals surface area contributed by atoms with Gasteiger partial charge in [-0.25, -0.2) is 0 Å². The highest BCUT2D eigenvalue weighted by atomic mass is 16.6. The summed E-state index contributed by atoms with van der Waals surface area (Å²) >= 11 is 0. The van der Waals surface area contributed by atoms with Gasteiger partial charge in [-0.05, 0) is 32.6 Å². The van der Waals surface area contributed by atoms with E-state index >= 15 is 0 Å². The Morgan fingerprint density at radius 1 is 1.35 bits per heavy atom. The van der Waals surface area contributed by atoms with Crippen LogP contribution in [0.3, 0.4) is 0 Å². The molecule has 17 heavy (non-hydrogen) atoms. The molecule has 0 fully saturated rings. The highest BCUT2D eigenvalue weighted by Gasteiger charge is 2.08. The molecule has 0 spiro atoms. The van der Waals surface area contributed by atoms with Crippen LogP contribution in [-0.4, -0.2) is 36.5 Å². The van der Waals surface area contributed by atoms with Gasteiger partial charge in [-0.3, -0.25) is 10.1 Å². The van der Waals surface area contributed by atoms with Crippen LogP contribution in [-0.2, 0) is 0 Å². The number of rotatable bonds is 6. The second-order valence-electron chi connectivity index (χ2n) is 4.32. The number of benzene rings is 1. The van der Waals surface area contributed by atoms with Crippen LogP contribution < -0.4 is 5.32 Å². The summed E-state index contributed by atoms with van der Waals surface area (Å²) in [5.41, 5.74) is 1.04. The summed E-state index contributed by atoms with van der Waals surface area (Å²) in [6, 6.07) is 6.88. The van der Waals surface area contributed by atoms with Crippen molar-refractivity contribution in [2.75, 3.05) is 26.0 Å². The monoisotopic (exact) mass is 237 g/mol. The van der Waals surface area contributed by atoms with Crippen molar-refractivity contribution in [2.24, 2.45) is 0 Å². The van der Waals surface area contributed by atoms with Crippen molar-refractivity contribution < 1.29 is 4.92 Å². The third kappa shape index (κ3) is 4.40. The summed E-state index contributed by atoms with van der Waals surface area (Å²) in [4.78, 5) is 12.2. The number of nitro groups is 1. The number of nitro benzene ring substituents is 1. The second kappa shape index (κ2) is 6.20. The fourth-order valence-corrected chi connectivity index (χ4v) is 1.63. The van der Waals surface area contributed by atoms with E-state index in [4.69, 9.17) is 0 Å². The molecule has 5 heteroatoms. The zero-order chi connectivity index (χ0) is 12.8. The molecule has 0 radical (unpaired) electrons. The molecule has 0 bridgehead atoms. The maximum Gasteiger partial charge on any atom is 0.269 e. The number of nitrogens with zero attached hydrogens (tertiary/aromatic N) is 2. The average molecular weight is 237 g/mol. The lowest BCUT2D eigenvalue weighted by Crippen LogP contribution is -2.31. The van der Waals surface area contributed by atoms with E-state index in [9.17, 15) is 10.1 Å². The highest BCUT2D eigenvalue weighted by molar-refractivity contribution is 5.49. The largest absolute Gasteiger partial charge is 0.381 e. The lowest BCUT2D eigenvalue weighted by atomic mass is 10.2. The molecule has 1 atom stereocenters. The van der Waals surface area contributed by atoms with Gasteiger partial charge in [0.15, 0.2) is 0 Å². The van der Waals surface area contributed by atoms with Crippen molar-refractivity contribution >= 4 is 11.4 Å². The molecule has 0 saturated heterocycles. The molecule has 1 aromatic rings.